The van der Waals surface area contributed by atoms with Gasteiger partial charge in [0.05, 0.1) is 18.0 Å². The summed E-state index contributed by atoms with van der Waals surface area (Å²) in [6.45, 7) is 0.807. The van der Waals surface area contributed by atoms with Crippen molar-refractivity contribution in [1.29, 1.82) is 0 Å². The molecule has 7 nitrogen and oxygen atoms in total. The number of nitrogens with zero attached hydrogens (tertiary/aromatic N) is 1. The van der Waals surface area contributed by atoms with Crippen LogP contribution in [0.5, 0.6) is 0 Å². The minimum atomic E-state index is -0.292. The summed E-state index contributed by atoms with van der Waals surface area (Å²) in [6.07, 6.45) is 6.09. The molecule has 1 heterocycles. The van der Waals surface area contributed by atoms with E-state index in [1.807, 2.05) is 0 Å². The summed E-state index contributed by atoms with van der Waals surface area (Å²) in [7, 11) is 0. The molecule has 1 unspecified atom stereocenters. The second kappa shape index (κ2) is 7.16. The average molecular weight is 273 g/mol. The lowest BCUT2D eigenvalue weighted by Gasteiger charge is -2.13. The van der Waals surface area contributed by atoms with Gasteiger partial charge in [-0.05, 0) is 38.0 Å². The number of carbonyl (C=O) groups is 1. The van der Waals surface area contributed by atoms with E-state index in [0.29, 0.717) is 24.9 Å². The van der Waals surface area contributed by atoms with Crippen LogP contribution in [0.2, 0.25) is 0 Å². The number of hydrogen-bond donors (Lipinski definition) is 4. The van der Waals surface area contributed by atoms with Crippen LogP contribution in [-0.2, 0) is 9.63 Å². The highest BCUT2D eigenvalue weighted by Crippen LogP contribution is 2.34. The maximum Gasteiger partial charge on any atom is 0.237 e. The van der Waals surface area contributed by atoms with Gasteiger partial charge < -0.3 is 10.6 Å². The van der Waals surface area contributed by atoms with E-state index in [4.69, 9.17) is 10.4 Å². The molecular weight excluding hydrogens is 250 g/mol. The summed E-state index contributed by atoms with van der Waals surface area (Å²) in [6, 6.07) is 0.515. The first-order chi connectivity index (χ1) is 9.16. The standard InChI is InChI=1S/C12H23N3O4/c16-12(13-6-1-2-7-19-15(17)18)11-8-9-4-3-5-10(9)14-11/h9-11,14,17-18H,1-8H2,(H,13,16)/t9-,10-,11?/m0/s1. The number of carbonyl (C=O) groups excluding carboxylic acids is 1. The lowest BCUT2D eigenvalue weighted by molar-refractivity contribution is -0.492. The van der Waals surface area contributed by atoms with Crippen LogP contribution < -0.4 is 10.6 Å². The number of rotatable bonds is 7. The monoisotopic (exact) mass is 273 g/mol. The molecule has 1 aliphatic carbocycles. The first-order valence-electron chi connectivity index (χ1n) is 7.01. The van der Waals surface area contributed by atoms with Crippen molar-refractivity contribution in [3.63, 3.8) is 0 Å². The zero-order chi connectivity index (χ0) is 13.7. The van der Waals surface area contributed by atoms with E-state index >= 15 is 0 Å². The molecule has 1 aliphatic heterocycles. The predicted octanol–water partition coefficient (Wildman–Crippen LogP) is 0.425. The molecule has 3 atom stereocenters. The van der Waals surface area contributed by atoms with Gasteiger partial charge in [0, 0.05) is 12.6 Å². The second-order valence-corrected chi connectivity index (χ2v) is 5.34. The van der Waals surface area contributed by atoms with Crippen LogP contribution in [0.1, 0.15) is 38.5 Å². The number of amides is 1. The normalized spacial score (nSPS) is 29.7. The second-order valence-electron chi connectivity index (χ2n) is 5.34. The molecule has 0 aromatic rings. The van der Waals surface area contributed by atoms with Crippen LogP contribution in [0.25, 0.3) is 0 Å². The fourth-order valence-corrected chi connectivity index (χ4v) is 3.06. The van der Waals surface area contributed by atoms with E-state index in [-0.39, 0.29) is 23.9 Å². The molecule has 0 bridgehead atoms. The Balaban J connectivity index is 1.53. The van der Waals surface area contributed by atoms with Crippen LogP contribution in [0.3, 0.4) is 0 Å². The molecule has 0 aromatic carbocycles. The quantitative estimate of drug-likeness (QED) is 0.397. The topological polar surface area (TPSA) is 94.1 Å². The molecule has 2 aliphatic rings. The SMILES string of the molecule is O=C(NCCCCON(O)O)C1C[C@@H]2CCC[C@@H]2N1. The predicted molar refractivity (Wildman–Crippen MR) is 66.3 cm³/mol. The van der Waals surface area contributed by atoms with Gasteiger partial charge >= 0.3 is 0 Å². The van der Waals surface area contributed by atoms with E-state index in [9.17, 15) is 4.79 Å². The molecule has 1 amide bonds. The maximum atomic E-state index is 11.9. The fourth-order valence-electron chi connectivity index (χ4n) is 3.06. The van der Waals surface area contributed by atoms with E-state index < -0.39 is 0 Å². The first kappa shape index (κ1) is 14.7. The minimum absolute atomic E-state index is 0.0306. The highest BCUT2D eigenvalue weighted by atomic mass is 17.1. The van der Waals surface area contributed by atoms with Gasteiger partial charge in [-0.3, -0.25) is 20.0 Å². The van der Waals surface area contributed by atoms with Crippen LogP contribution in [0, 0.1) is 5.92 Å². The average Bonchev–Trinajstić information content (AvgIpc) is 2.93. The Labute approximate surface area is 112 Å². The van der Waals surface area contributed by atoms with Crippen LogP contribution in [0.15, 0.2) is 0 Å². The maximum absolute atomic E-state index is 11.9. The molecule has 7 heteroatoms. The van der Waals surface area contributed by atoms with Crippen molar-refractivity contribution in [2.24, 2.45) is 5.92 Å². The summed E-state index contributed by atoms with van der Waals surface area (Å²) < 4.78 is 0. The Kier molecular flexibility index (Phi) is 5.53. The van der Waals surface area contributed by atoms with Crippen molar-refractivity contribution >= 4 is 5.91 Å². The van der Waals surface area contributed by atoms with Gasteiger partial charge in [0.25, 0.3) is 0 Å². The van der Waals surface area contributed by atoms with Crippen LogP contribution in [-0.4, -0.2) is 46.9 Å². The third-order valence-corrected chi connectivity index (χ3v) is 4.01. The van der Waals surface area contributed by atoms with E-state index in [1.54, 1.807) is 0 Å². The zero-order valence-electron chi connectivity index (χ0n) is 11.0. The molecule has 0 radical (unpaired) electrons. The molecule has 4 N–H and O–H groups in total. The van der Waals surface area contributed by atoms with E-state index in [1.165, 1.54) is 19.3 Å². The number of unbranched alkanes of at least 4 members (excludes halogenated alkanes) is 1. The largest absolute Gasteiger partial charge is 0.355 e. The lowest BCUT2D eigenvalue weighted by Crippen LogP contribution is -2.42. The summed E-state index contributed by atoms with van der Waals surface area (Å²) >= 11 is 0. The van der Waals surface area contributed by atoms with E-state index in [0.717, 1.165) is 12.8 Å². The summed E-state index contributed by atoms with van der Waals surface area (Å²) in [4.78, 5) is 16.3. The van der Waals surface area contributed by atoms with Crippen LogP contribution in [0.4, 0.5) is 0 Å². The molecule has 19 heavy (non-hydrogen) atoms. The fraction of sp³-hybridized carbons (Fsp3) is 0.917. The zero-order valence-corrected chi connectivity index (χ0v) is 11.0. The van der Waals surface area contributed by atoms with Gasteiger partial charge in [-0.15, -0.1) is 0 Å². The molecular formula is C12H23N3O4. The Bertz CT molecular complexity index is 289. The van der Waals surface area contributed by atoms with Crippen molar-refractivity contribution in [1.82, 2.24) is 16.0 Å². The number of hydrogen-bond acceptors (Lipinski definition) is 6. The van der Waals surface area contributed by atoms with Crippen molar-refractivity contribution in [2.45, 2.75) is 50.6 Å². The van der Waals surface area contributed by atoms with Gasteiger partial charge in [-0.25, -0.2) is 0 Å². The first-order valence-corrected chi connectivity index (χ1v) is 7.01. The smallest absolute Gasteiger partial charge is 0.237 e. The summed E-state index contributed by atoms with van der Waals surface area (Å²) in [5.41, 5.74) is 0. The van der Waals surface area contributed by atoms with Crippen molar-refractivity contribution in [3.05, 3.63) is 0 Å². The molecule has 2 fully saturated rings. The van der Waals surface area contributed by atoms with Gasteiger partial charge in [0.15, 0.2) is 0 Å². The highest BCUT2D eigenvalue weighted by Gasteiger charge is 2.39. The van der Waals surface area contributed by atoms with E-state index in [2.05, 4.69) is 15.5 Å². The van der Waals surface area contributed by atoms with Crippen LogP contribution >= 0.6 is 0 Å². The Morgan fingerprint density at radius 3 is 2.95 bits per heavy atom. The van der Waals surface area contributed by atoms with Crippen molar-refractivity contribution in [3.8, 4) is 0 Å². The molecule has 0 aromatic heterocycles. The van der Waals surface area contributed by atoms with Crippen molar-refractivity contribution in [2.75, 3.05) is 13.2 Å². The number of fused-ring (bicyclic) bond motifs is 1. The highest BCUT2D eigenvalue weighted by molar-refractivity contribution is 5.82. The van der Waals surface area contributed by atoms with Gasteiger partial charge in [-0.1, -0.05) is 6.42 Å². The summed E-state index contributed by atoms with van der Waals surface area (Å²) in [5, 5.41) is 22.6. The molecule has 1 saturated carbocycles. The third-order valence-electron chi connectivity index (χ3n) is 4.01. The van der Waals surface area contributed by atoms with Gasteiger partial charge in [0.2, 0.25) is 5.91 Å². The minimum Gasteiger partial charge on any atom is -0.355 e. The lowest BCUT2D eigenvalue weighted by atomic mass is 10.0. The van der Waals surface area contributed by atoms with Crippen molar-refractivity contribution < 1.29 is 20.0 Å². The van der Waals surface area contributed by atoms with Gasteiger partial charge in [-0.2, -0.15) is 0 Å². The molecule has 110 valence electrons. The number of nitrogens with one attached hydrogen (secondary N) is 2. The Hall–Kier alpha value is -0.730. The Morgan fingerprint density at radius 1 is 1.37 bits per heavy atom. The molecule has 1 saturated heterocycles. The summed E-state index contributed by atoms with van der Waals surface area (Å²) in [5.74, 6) is 0.769. The third kappa shape index (κ3) is 4.39. The van der Waals surface area contributed by atoms with Gasteiger partial charge in [0.1, 0.15) is 0 Å². The Morgan fingerprint density at radius 2 is 2.21 bits per heavy atom. The molecule has 0 spiro atoms. The molecule has 2 rings (SSSR count).